The molecule has 2 rings (SSSR count). The van der Waals surface area contributed by atoms with Gasteiger partial charge in [0.2, 0.25) is 0 Å². The minimum absolute atomic E-state index is 0.0511. The van der Waals surface area contributed by atoms with Crippen molar-refractivity contribution in [3.8, 4) is 0 Å². The van der Waals surface area contributed by atoms with Crippen LogP contribution in [0.4, 0.5) is 4.79 Å². The van der Waals surface area contributed by atoms with Gasteiger partial charge >= 0.3 is 6.03 Å². The molecule has 1 heterocycles. The maximum absolute atomic E-state index is 12.6. The average molecular weight is 362 g/mol. The normalized spacial score (nSPS) is 15.0. The fourth-order valence-corrected chi connectivity index (χ4v) is 3.60. The zero-order chi connectivity index (χ0) is 18.5. The Morgan fingerprint density at radius 3 is 2.73 bits per heavy atom. The van der Waals surface area contributed by atoms with Gasteiger partial charge in [0.25, 0.3) is 0 Å². The van der Waals surface area contributed by atoms with Crippen LogP contribution in [0.3, 0.4) is 0 Å². The highest BCUT2D eigenvalue weighted by Gasteiger charge is 2.18. The van der Waals surface area contributed by atoms with Crippen LogP contribution < -0.4 is 5.32 Å². The molecule has 1 saturated carbocycles. The molecular formula is C21H35N3O2. The summed E-state index contributed by atoms with van der Waals surface area (Å²) >= 11 is 0. The number of rotatable bonds is 11. The van der Waals surface area contributed by atoms with Crippen molar-refractivity contribution < 1.29 is 9.53 Å². The minimum Gasteiger partial charge on any atom is -0.380 e. The van der Waals surface area contributed by atoms with Crippen molar-refractivity contribution in [2.24, 2.45) is 5.92 Å². The summed E-state index contributed by atoms with van der Waals surface area (Å²) in [6, 6.07) is 4.11. The van der Waals surface area contributed by atoms with Gasteiger partial charge in [0, 0.05) is 38.6 Å². The molecule has 26 heavy (non-hydrogen) atoms. The second kappa shape index (κ2) is 12.7. The first-order valence-electron chi connectivity index (χ1n) is 10.3. The summed E-state index contributed by atoms with van der Waals surface area (Å²) in [6.45, 7) is 5.53. The number of carbonyl (C=O) groups excluding carboxylic acids is 1. The zero-order valence-corrected chi connectivity index (χ0v) is 16.3. The van der Waals surface area contributed by atoms with Crippen molar-refractivity contribution in [1.29, 1.82) is 0 Å². The number of carbonyl (C=O) groups is 1. The highest BCUT2D eigenvalue weighted by atomic mass is 16.5. The molecule has 0 saturated heterocycles. The van der Waals surface area contributed by atoms with E-state index in [0.29, 0.717) is 26.3 Å². The molecule has 1 aromatic heterocycles. The molecular weight excluding hydrogens is 326 g/mol. The number of pyridine rings is 1. The Hall–Kier alpha value is -1.62. The van der Waals surface area contributed by atoms with Crippen LogP contribution in [-0.2, 0) is 11.2 Å². The van der Waals surface area contributed by atoms with Crippen molar-refractivity contribution in [2.75, 3.05) is 32.8 Å². The topological polar surface area (TPSA) is 54.5 Å². The maximum atomic E-state index is 12.6. The smallest absolute Gasteiger partial charge is 0.317 e. The fourth-order valence-electron chi connectivity index (χ4n) is 3.60. The predicted molar refractivity (Wildman–Crippen MR) is 105 cm³/mol. The first-order valence-corrected chi connectivity index (χ1v) is 10.3. The Morgan fingerprint density at radius 2 is 2.00 bits per heavy atom. The first-order chi connectivity index (χ1) is 12.8. The van der Waals surface area contributed by atoms with Crippen LogP contribution in [0.2, 0.25) is 0 Å². The van der Waals surface area contributed by atoms with Crippen LogP contribution in [0.1, 0.15) is 57.4 Å². The van der Waals surface area contributed by atoms with Crippen molar-refractivity contribution in [1.82, 2.24) is 15.2 Å². The van der Waals surface area contributed by atoms with E-state index in [4.69, 9.17) is 4.74 Å². The van der Waals surface area contributed by atoms with E-state index in [-0.39, 0.29) is 6.03 Å². The van der Waals surface area contributed by atoms with Gasteiger partial charge in [-0.15, -0.1) is 0 Å². The Labute approximate surface area is 158 Å². The van der Waals surface area contributed by atoms with Crippen LogP contribution in [0.15, 0.2) is 24.5 Å². The highest BCUT2D eigenvalue weighted by Crippen LogP contribution is 2.26. The molecule has 0 radical (unpaired) electrons. The molecule has 146 valence electrons. The van der Waals surface area contributed by atoms with Crippen LogP contribution in [0, 0.1) is 5.92 Å². The lowest BCUT2D eigenvalue weighted by atomic mass is 9.87. The molecule has 5 heteroatoms. The molecule has 0 aliphatic heterocycles. The third kappa shape index (κ3) is 8.17. The number of aromatic nitrogens is 1. The second-order valence-electron chi connectivity index (χ2n) is 7.17. The van der Waals surface area contributed by atoms with E-state index in [1.54, 1.807) is 0 Å². The van der Waals surface area contributed by atoms with Gasteiger partial charge in [0.05, 0.1) is 6.61 Å². The van der Waals surface area contributed by atoms with Gasteiger partial charge in [-0.1, -0.05) is 32.1 Å². The fraction of sp³-hybridized carbons (Fsp3) is 0.714. The summed E-state index contributed by atoms with van der Waals surface area (Å²) in [7, 11) is 0. The number of hydrogen-bond acceptors (Lipinski definition) is 3. The number of nitrogens with one attached hydrogen (secondary N) is 1. The van der Waals surface area contributed by atoms with Gasteiger partial charge in [-0.2, -0.15) is 0 Å². The summed E-state index contributed by atoms with van der Waals surface area (Å²) in [5.74, 6) is 0.790. The molecule has 0 unspecified atom stereocenters. The standard InChI is InChI=1S/C21H35N3O2/c1-2-26-18-17-24(16-12-19-7-4-3-5-8-19)21(25)23-13-6-9-20-10-14-22-15-11-20/h10-11,14-15,19H,2-9,12-13,16-18H2,1H3,(H,23,25). The number of urea groups is 1. The molecule has 0 atom stereocenters. The molecule has 1 N–H and O–H groups in total. The van der Waals surface area contributed by atoms with E-state index < -0.39 is 0 Å². The van der Waals surface area contributed by atoms with E-state index in [2.05, 4.69) is 10.3 Å². The first kappa shape index (κ1) is 20.7. The number of hydrogen-bond donors (Lipinski definition) is 1. The largest absolute Gasteiger partial charge is 0.380 e. The van der Waals surface area contributed by atoms with Crippen molar-refractivity contribution in [2.45, 2.75) is 58.3 Å². The Kier molecular flexibility index (Phi) is 10.1. The quantitative estimate of drug-likeness (QED) is 0.605. The average Bonchev–Trinajstić information content (AvgIpc) is 2.69. The van der Waals surface area contributed by atoms with E-state index in [1.165, 1.54) is 37.7 Å². The lowest BCUT2D eigenvalue weighted by Crippen LogP contribution is -2.43. The predicted octanol–water partition coefficient (Wildman–Crippen LogP) is 4.03. The molecule has 1 aliphatic carbocycles. The molecule has 5 nitrogen and oxygen atoms in total. The third-order valence-corrected chi connectivity index (χ3v) is 5.20. The van der Waals surface area contributed by atoms with Crippen molar-refractivity contribution in [3.63, 3.8) is 0 Å². The van der Waals surface area contributed by atoms with Gasteiger partial charge in [0.15, 0.2) is 0 Å². The van der Waals surface area contributed by atoms with Gasteiger partial charge in [-0.05, 0) is 49.8 Å². The summed E-state index contributed by atoms with van der Waals surface area (Å²) in [5.41, 5.74) is 1.26. The summed E-state index contributed by atoms with van der Waals surface area (Å²) in [5, 5.41) is 3.08. The number of nitrogens with zero attached hydrogens (tertiary/aromatic N) is 2. The molecule has 1 aromatic rings. The van der Waals surface area contributed by atoms with Gasteiger partial charge in [-0.3, -0.25) is 4.98 Å². The highest BCUT2D eigenvalue weighted by molar-refractivity contribution is 5.74. The van der Waals surface area contributed by atoms with Crippen LogP contribution in [0.25, 0.3) is 0 Å². The molecule has 0 bridgehead atoms. The van der Waals surface area contributed by atoms with E-state index in [9.17, 15) is 4.79 Å². The van der Waals surface area contributed by atoms with Crippen LogP contribution >= 0.6 is 0 Å². The Balaban J connectivity index is 1.70. The van der Waals surface area contributed by atoms with Crippen LogP contribution in [0.5, 0.6) is 0 Å². The monoisotopic (exact) mass is 361 g/mol. The lowest BCUT2D eigenvalue weighted by molar-refractivity contribution is 0.116. The number of ether oxygens (including phenoxy) is 1. The molecule has 0 aromatic carbocycles. The van der Waals surface area contributed by atoms with Gasteiger partial charge < -0.3 is 15.0 Å². The molecule has 2 amide bonds. The van der Waals surface area contributed by atoms with Crippen molar-refractivity contribution >= 4 is 6.03 Å². The maximum Gasteiger partial charge on any atom is 0.317 e. The van der Waals surface area contributed by atoms with E-state index in [1.807, 2.05) is 36.4 Å². The minimum atomic E-state index is 0.0511. The van der Waals surface area contributed by atoms with E-state index in [0.717, 1.165) is 31.7 Å². The summed E-state index contributed by atoms with van der Waals surface area (Å²) < 4.78 is 5.46. The summed E-state index contributed by atoms with van der Waals surface area (Å²) in [6.07, 6.45) is 13.4. The molecule has 1 aliphatic rings. The summed E-state index contributed by atoms with van der Waals surface area (Å²) in [4.78, 5) is 18.5. The molecule has 0 spiro atoms. The molecule has 1 fully saturated rings. The Morgan fingerprint density at radius 1 is 1.23 bits per heavy atom. The van der Waals surface area contributed by atoms with Crippen molar-refractivity contribution in [3.05, 3.63) is 30.1 Å². The number of aryl methyl sites for hydroxylation is 1. The van der Waals surface area contributed by atoms with Crippen LogP contribution in [-0.4, -0.2) is 48.8 Å². The third-order valence-electron chi connectivity index (χ3n) is 5.20. The second-order valence-corrected chi connectivity index (χ2v) is 7.17. The Bertz CT molecular complexity index is 489. The SMILES string of the molecule is CCOCCN(CCC1CCCCC1)C(=O)NCCCc1ccncc1. The zero-order valence-electron chi connectivity index (χ0n) is 16.3. The van der Waals surface area contributed by atoms with E-state index >= 15 is 0 Å². The number of amides is 2. The lowest BCUT2D eigenvalue weighted by Gasteiger charge is -2.27. The van der Waals surface area contributed by atoms with Gasteiger partial charge in [0.1, 0.15) is 0 Å². The van der Waals surface area contributed by atoms with Gasteiger partial charge in [-0.25, -0.2) is 4.79 Å².